The van der Waals surface area contributed by atoms with Gasteiger partial charge in [0.25, 0.3) is 5.91 Å². The highest BCUT2D eigenvalue weighted by Gasteiger charge is 2.04. The lowest BCUT2D eigenvalue weighted by Gasteiger charge is -2.09. The van der Waals surface area contributed by atoms with Gasteiger partial charge in [-0.3, -0.25) is 9.59 Å². The van der Waals surface area contributed by atoms with Gasteiger partial charge in [0.1, 0.15) is 0 Å². The van der Waals surface area contributed by atoms with Crippen LogP contribution in [0.15, 0.2) is 24.3 Å². The number of nitrogens with one attached hydrogen (secondary N) is 3. The smallest absolute Gasteiger partial charge is 0.251 e. The second-order valence-electron chi connectivity index (χ2n) is 4.91. The lowest BCUT2D eigenvalue weighted by molar-refractivity contribution is -0.121. The van der Waals surface area contributed by atoms with E-state index in [2.05, 4.69) is 16.0 Å². The third-order valence-corrected chi connectivity index (χ3v) is 2.84. The second kappa shape index (κ2) is 8.32. The Morgan fingerprint density at radius 3 is 2.35 bits per heavy atom. The average molecular weight is 277 g/mol. The maximum absolute atomic E-state index is 11.6. The standard InChI is InChI=1S/C15H23N3O2/c1-11(2)17-9-8-14(19)18-10-12-4-6-13(7-5-12)15(20)16-3/h4-7,11,17H,8-10H2,1-3H3,(H,16,20)(H,18,19). The molecule has 0 atom stereocenters. The average Bonchev–Trinajstić information content (AvgIpc) is 2.44. The van der Waals surface area contributed by atoms with Gasteiger partial charge in [0.2, 0.25) is 5.91 Å². The number of amides is 2. The van der Waals surface area contributed by atoms with Crippen LogP contribution >= 0.6 is 0 Å². The van der Waals surface area contributed by atoms with Crippen molar-refractivity contribution in [2.45, 2.75) is 32.9 Å². The fraction of sp³-hybridized carbons (Fsp3) is 0.467. The Labute approximate surface area is 120 Å². The van der Waals surface area contributed by atoms with Crippen molar-refractivity contribution >= 4 is 11.8 Å². The molecule has 0 radical (unpaired) electrons. The van der Waals surface area contributed by atoms with Crippen molar-refractivity contribution in [3.05, 3.63) is 35.4 Å². The fourth-order valence-corrected chi connectivity index (χ4v) is 1.68. The second-order valence-corrected chi connectivity index (χ2v) is 4.91. The van der Waals surface area contributed by atoms with Crippen molar-refractivity contribution in [3.8, 4) is 0 Å². The van der Waals surface area contributed by atoms with E-state index >= 15 is 0 Å². The maximum atomic E-state index is 11.6. The summed E-state index contributed by atoms with van der Waals surface area (Å²) in [6, 6.07) is 7.58. The lowest BCUT2D eigenvalue weighted by atomic mass is 10.1. The summed E-state index contributed by atoms with van der Waals surface area (Å²) in [5.41, 5.74) is 1.59. The third-order valence-electron chi connectivity index (χ3n) is 2.84. The fourth-order valence-electron chi connectivity index (χ4n) is 1.68. The summed E-state index contributed by atoms with van der Waals surface area (Å²) < 4.78 is 0. The molecule has 1 aromatic rings. The molecule has 20 heavy (non-hydrogen) atoms. The minimum Gasteiger partial charge on any atom is -0.355 e. The van der Waals surface area contributed by atoms with E-state index in [-0.39, 0.29) is 11.8 Å². The van der Waals surface area contributed by atoms with Gasteiger partial charge in [0.05, 0.1) is 0 Å². The van der Waals surface area contributed by atoms with Crippen LogP contribution in [0.2, 0.25) is 0 Å². The van der Waals surface area contributed by atoms with Crippen molar-refractivity contribution < 1.29 is 9.59 Å². The molecule has 5 heteroatoms. The monoisotopic (exact) mass is 277 g/mol. The lowest BCUT2D eigenvalue weighted by Crippen LogP contribution is -2.30. The Kier molecular flexibility index (Phi) is 6.73. The first-order valence-electron chi connectivity index (χ1n) is 6.84. The van der Waals surface area contributed by atoms with Crippen LogP contribution in [0.5, 0.6) is 0 Å². The molecule has 0 heterocycles. The molecule has 1 rings (SSSR count). The molecule has 0 aromatic heterocycles. The van der Waals surface area contributed by atoms with Gasteiger partial charge in [-0.1, -0.05) is 26.0 Å². The molecule has 0 aliphatic heterocycles. The van der Waals surface area contributed by atoms with Gasteiger partial charge in [-0.2, -0.15) is 0 Å². The predicted octanol–water partition coefficient (Wildman–Crippen LogP) is 1.05. The Hall–Kier alpha value is -1.88. The van der Waals surface area contributed by atoms with E-state index < -0.39 is 0 Å². The Morgan fingerprint density at radius 2 is 1.80 bits per heavy atom. The number of hydrogen-bond donors (Lipinski definition) is 3. The normalized spacial score (nSPS) is 10.4. The zero-order valence-electron chi connectivity index (χ0n) is 12.3. The molecule has 1 aromatic carbocycles. The number of carbonyl (C=O) groups excluding carboxylic acids is 2. The Balaban J connectivity index is 2.34. The van der Waals surface area contributed by atoms with Crippen LogP contribution in [0.1, 0.15) is 36.2 Å². The zero-order valence-corrected chi connectivity index (χ0v) is 12.3. The molecular weight excluding hydrogens is 254 g/mol. The van der Waals surface area contributed by atoms with Crippen molar-refractivity contribution in [1.29, 1.82) is 0 Å². The molecule has 3 N–H and O–H groups in total. The summed E-state index contributed by atoms with van der Waals surface area (Å²) in [6.07, 6.45) is 0.467. The molecule has 0 spiro atoms. The molecule has 5 nitrogen and oxygen atoms in total. The number of carbonyl (C=O) groups is 2. The predicted molar refractivity (Wildman–Crippen MR) is 79.4 cm³/mol. The van der Waals surface area contributed by atoms with Crippen molar-refractivity contribution in [1.82, 2.24) is 16.0 Å². The molecule has 0 aliphatic rings. The quantitative estimate of drug-likeness (QED) is 0.697. The molecule has 0 aliphatic carbocycles. The number of hydrogen-bond acceptors (Lipinski definition) is 3. The number of benzene rings is 1. The van der Waals surface area contributed by atoms with Gasteiger partial charge in [-0.05, 0) is 17.7 Å². The Bertz CT molecular complexity index is 441. The molecule has 2 amide bonds. The van der Waals surface area contributed by atoms with Gasteiger partial charge in [0.15, 0.2) is 0 Å². The van der Waals surface area contributed by atoms with E-state index in [0.29, 0.717) is 31.1 Å². The minimum atomic E-state index is -0.111. The van der Waals surface area contributed by atoms with Crippen LogP contribution in [0.25, 0.3) is 0 Å². The molecule has 110 valence electrons. The van der Waals surface area contributed by atoms with Gasteiger partial charge < -0.3 is 16.0 Å². The van der Waals surface area contributed by atoms with E-state index in [9.17, 15) is 9.59 Å². The first kappa shape index (κ1) is 16.2. The molecular formula is C15H23N3O2. The van der Waals surface area contributed by atoms with Crippen LogP contribution in [0.3, 0.4) is 0 Å². The van der Waals surface area contributed by atoms with E-state index in [1.807, 2.05) is 26.0 Å². The first-order chi connectivity index (χ1) is 9.52. The van der Waals surface area contributed by atoms with E-state index in [1.54, 1.807) is 19.2 Å². The van der Waals surface area contributed by atoms with Gasteiger partial charge in [0, 0.05) is 38.2 Å². The van der Waals surface area contributed by atoms with Gasteiger partial charge in [-0.15, -0.1) is 0 Å². The van der Waals surface area contributed by atoms with E-state index in [4.69, 9.17) is 0 Å². The summed E-state index contributed by atoms with van der Waals surface area (Å²) >= 11 is 0. The van der Waals surface area contributed by atoms with Crippen LogP contribution in [-0.2, 0) is 11.3 Å². The van der Waals surface area contributed by atoms with Crippen LogP contribution in [0.4, 0.5) is 0 Å². The zero-order chi connectivity index (χ0) is 15.0. The third kappa shape index (κ3) is 5.84. The molecule has 0 saturated heterocycles. The topological polar surface area (TPSA) is 70.2 Å². The SMILES string of the molecule is CNC(=O)c1ccc(CNC(=O)CCNC(C)C)cc1. The molecule has 0 unspecified atom stereocenters. The highest BCUT2D eigenvalue weighted by molar-refractivity contribution is 5.93. The summed E-state index contributed by atoms with van der Waals surface area (Å²) in [5.74, 6) is -0.0890. The molecule has 0 saturated carbocycles. The van der Waals surface area contributed by atoms with Crippen molar-refractivity contribution in [2.24, 2.45) is 0 Å². The summed E-state index contributed by atoms with van der Waals surface area (Å²) in [4.78, 5) is 23.0. The van der Waals surface area contributed by atoms with Crippen LogP contribution in [0, 0.1) is 0 Å². The molecule has 0 bridgehead atoms. The first-order valence-corrected chi connectivity index (χ1v) is 6.84. The molecule has 0 fully saturated rings. The number of rotatable bonds is 7. The summed E-state index contributed by atoms with van der Waals surface area (Å²) in [6.45, 7) is 5.26. The van der Waals surface area contributed by atoms with Crippen LogP contribution < -0.4 is 16.0 Å². The summed E-state index contributed by atoms with van der Waals surface area (Å²) in [5, 5.41) is 8.62. The maximum Gasteiger partial charge on any atom is 0.251 e. The van der Waals surface area contributed by atoms with Crippen molar-refractivity contribution in [3.63, 3.8) is 0 Å². The van der Waals surface area contributed by atoms with E-state index in [0.717, 1.165) is 5.56 Å². The van der Waals surface area contributed by atoms with E-state index in [1.165, 1.54) is 0 Å². The van der Waals surface area contributed by atoms with Gasteiger partial charge in [-0.25, -0.2) is 0 Å². The van der Waals surface area contributed by atoms with Gasteiger partial charge >= 0.3 is 0 Å². The van der Waals surface area contributed by atoms with Crippen LogP contribution in [-0.4, -0.2) is 31.4 Å². The highest BCUT2D eigenvalue weighted by atomic mass is 16.2. The largest absolute Gasteiger partial charge is 0.355 e. The Morgan fingerprint density at radius 1 is 1.15 bits per heavy atom. The minimum absolute atomic E-state index is 0.0218. The summed E-state index contributed by atoms with van der Waals surface area (Å²) in [7, 11) is 1.60. The highest BCUT2D eigenvalue weighted by Crippen LogP contribution is 2.04. The van der Waals surface area contributed by atoms with Crippen molar-refractivity contribution in [2.75, 3.05) is 13.6 Å².